The highest BCUT2D eigenvalue weighted by molar-refractivity contribution is 5.28. The minimum atomic E-state index is -0.155. The molecule has 0 aliphatic carbocycles. The maximum Gasteiger partial charge on any atom is 0.123 e. The van der Waals surface area contributed by atoms with E-state index in [1.165, 1.54) is 11.6 Å². The molecule has 2 fully saturated rings. The molecule has 2 aromatic rings. The summed E-state index contributed by atoms with van der Waals surface area (Å²) in [6.07, 6.45) is 5.90. The molecule has 1 atom stereocenters. The number of pyridine rings is 1. The van der Waals surface area contributed by atoms with Crippen LogP contribution in [0.25, 0.3) is 0 Å². The van der Waals surface area contributed by atoms with Gasteiger partial charge in [-0.2, -0.15) is 0 Å². The lowest BCUT2D eigenvalue weighted by atomic mass is 9.79. The third-order valence-electron chi connectivity index (χ3n) is 5.88. The SMILES string of the molecule is Fc1cccc([C@]2(CN3CCCN(Cc4cccnc4)CC3)CCOC2)c1. The zero-order valence-electron chi connectivity index (χ0n) is 15.8. The summed E-state index contributed by atoms with van der Waals surface area (Å²) in [5, 5.41) is 0. The van der Waals surface area contributed by atoms with E-state index < -0.39 is 0 Å². The predicted octanol–water partition coefficient (Wildman–Crippen LogP) is 3.09. The number of aromatic nitrogens is 1. The molecule has 0 N–H and O–H groups in total. The standard InChI is InChI=1S/C22H28FN3O/c23-21-6-1-5-20(14-21)22(7-13-27-18-22)17-26-10-3-9-25(11-12-26)16-19-4-2-8-24-15-19/h1-2,4-6,8,14-15H,3,7,9-13,16-18H2/t22-/m0/s1. The van der Waals surface area contributed by atoms with Gasteiger partial charge in [0.15, 0.2) is 0 Å². The molecule has 1 aromatic heterocycles. The quantitative estimate of drug-likeness (QED) is 0.810. The first-order valence-corrected chi connectivity index (χ1v) is 9.91. The Labute approximate surface area is 161 Å². The molecule has 0 amide bonds. The molecule has 2 aliphatic rings. The van der Waals surface area contributed by atoms with Gasteiger partial charge in [0.05, 0.1) is 6.61 Å². The van der Waals surface area contributed by atoms with Crippen molar-refractivity contribution in [3.8, 4) is 0 Å². The van der Waals surface area contributed by atoms with Gasteiger partial charge in [-0.25, -0.2) is 4.39 Å². The highest BCUT2D eigenvalue weighted by Gasteiger charge is 2.38. The summed E-state index contributed by atoms with van der Waals surface area (Å²) in [7, 11) is 0. The summed E-state index contributed by atoms with van der Waals surface area (Å²) in [6, 6.07) is 11.2. The summed E-state index contributed by atoms with van der Waals surface area (Å²) < 4.78 is 19.6. The highest BCUT2D eigenvalue weighted by atomic mass is 19.1. The number of hydrogen-bond acceptors (Lipinski definition) is 4. The van der Waals surface area contributed by atoms with Gasteiger partial charge in [-0.3, -0.25) is 9.88 Å². The Hall–Kier alpha value is -1.82. The summed E-state index contributed by atoms with van der Waals surface area (Å²) in [4.78, 5) is 9.28. The van der Waals surface area contributed by atoms with Crippen LogP contribution in [0.5, 0.6) is 0 Å². The van der Waals surface area contributed by atoms with E-state index in [1.54, 1.807) is 6.07 Å². The molecule has 0 saturated carbocycles. The van der Waals surface area contributed by atoms with Crippen LogP contribution in [0.4, 0.5) is 4.39 Å². The van der Waals surface area contributed by atoms with E-state index in [-0.39, 0.29) is 11.2 Å². The molecule has 5 heteroatoms. The van der Waals surface area contributed by atoms with Gasteiger partial charge in [0.25, 0.3) is 0 Å². The van der Waals surface area contributed by atoms with Crippen molar-refractivity contribution in [1.82, 2.24) is 14.8 Å². The molecule has 0 spiro atoms. The average Bonchev–Trinajstić information content (AvgIpc) is 3.06. The lowest BCUT2D eigenvalue weighted by molar-refractivity contribution is 0.150. The fourth-order valence-electron chi connectivity index (χ4n) is 4.39. The number of ether oxygens (including phenoxy) is 1. The molecule has 27 heavy (non-hydrogen) atoms. The van der Waals surface area contributed by atoms with E-state index in [0.717, 1.165) is 64.3 Å². The van der Waals surface area contributed by atoms with Crippen LogP contribution in [0.15, 0.2) is 48.8 Å². The van der Waals surface area contributed by atoms with Gasteiger partial charge < -0.3 is 9.64 Å². The number of nitrogens with zero attached hydrogens (tertiary/aromatic N) is 3. The summed E-state index contributed by atoms with van der Waals surface area (Å²) in [6.45, 7) is 7.63. The number of benzene rings is 1. The van der Waals surface area contributed by atoms with E-state index >= 15 is 0 Å². The molecular formula is C22H28FN3O. The first-order valence-electron chi connectivity index (χ1n) is 9.91. The molecule has 0 radical (unpaired) electrons. The lowest BCUT2D eigenvalue weighted by Gasteiger charge is -2.34. The average molecular weight is 369 g/mol. The van der Waals surface area contributed by atoms with Crippen LogP contribution in [0.3, 0.4) is 0 Å². The fourth-order valence-corrected chi connectivity index (χ4v) is 4.39. The number of rotatable bonds is 5. The van der Waals surface area contributed by atoms with Crippen LogP contribution in [0.2, 0.25) is 0 Å². The second-order valence-electron chi connectivity index (χ2n) is 7.86. The highest BCUT2D eigenvalue weighted by Crippen LogP contribution is 2.34. The van der Waals surface area contributed by atoms with E-state index in [4.69, 9.17) is 4.74 Å². The normalized spacial score (nSPS) is 24.8. The molecule has 3 heterocycles. The van der Waals surface area contributed by atoms with Crippen LogP contribution in [0, 0.1) is 5.82 Å². The van der Waals surface area contributed by atoms with Crippen LogP contribution < -0.4 is 0 Å². The molecule has 4 rings (SSSR count). The minimum absolute atomic E-state index is 0.0827. The monoisotopic (exact) mass is 369 g/mol. The van der Waals surface area contributed by atoms with Crippen molar-refractivity contribution >= 4 is 0 Å². The van der Waals surface area contributed by atoms with Crippen LogP contribution in [0.1, 0.15) is 24.0 Å². The Morgan fingerprint density at radius 1 is 1.07 bits per heavy atom. The molecule has 1 aromatic carbocycles. The Balaban J connectivity index is 1.41. The van der Waals surface area contributed by atoms with Crippen molar-refractivity contribution in [2.24, 2.45) is 0 Å². The third kappa shape index (κ3) is 4.54. The molecule has 0 unspecified atom stereocenters. The van der Waals surface area contributed by atoms with E-state index in [2.05, 4.69) is 26.9 Å². The zero-order chi connectivity index (χ0) is 18.5. The lowest BCUT2D eigenvalue weighted by Crippen LogP contribution is -2.43. The maximum absolute atomic E-state index is 13.8. The summed E-state index contributed by atoms with van der Waals surface area (Å²) in [5.74, 6) is -0.155. The van der Waals surface area contributed by atoms with Gasteiger partial charge in [-0.15, -0.1) is 0 Å². The molecule has 2 saturated heterocycles. The van der Waals surface area contributed by atoms with Gasteiger partial charge in [-0.1, -0.05) is 18.2 Å². The van der Waals surface area contributed by atoms with E-state index in [0.29, 0.717) is 6.61 Å². The summed E-state index contributed by atoms with van der Waals surface area (Å²) >= 11 is 0. The molecule has 2 aliphatic heterocycles. The minimum Gasteiger partial charge on any atom is -0.380 e. The third-order valence-corrected chi connectivity index (χ3v) is 5.88. The first kappa shape index (κ1) is 18.5. The number of halogens is 1. The molecular weight excluding hydrogens is 341 g/mol. The second-order valence-corrected chi connectivity index (χ2v) is 7.86. The van der Waals surface area contributed by atoms with Gasteiger partial charge >= 0.3 is 0 Å². The largest absolute Gasteiger partial charge is 0.380 e. The van der Waals surface area contributed by atoms with Gasteiger partial charge in [0.2, 0.25) is 0 Å². The second kappa shape index (κ2) is 8.46. The van der Waals surface area contributed by atoms with Gasteiger partial charge in [-0.05, 0) is 55.3 Å². The molecule has 144 valence electrons. The van der Waals surface area contributed by atoms with Gasteiger partial charge in [0.1, 0.15) is 5.82 Å². The van der Waals surface area contributed by atoms with Crippen molar-refractivity contribution in [3.63, 3.8) is 0 Å². The van der Waals surface area contributed by atoms with Crippen molar-refractivity contribution in [2.75, 3.05) is 45.9 Å². The maximum atomic E-state index is 13.8. The smallest absolute Gasteiger partial charge is 0.123 e. The van der Waals surface area contributed by atoms with E-state index in [9.17, 15) is 4.39 Å². The Morgan fingerprint density at radius 2 is 1.96 bits per heavy atom. The number of hydrogen-bond donors (Lipinski definition) is 0. The van der Waals surface area contributed by atoms with Crippen LogP contribution in [-0.4, -0.2) is 60.7 Å². The molecule has 4 nitrogen and oxygen atoms in total. The topological polar surface area (TPSA) is 28.6 Å². The predicted molar refractivity (Wildman–Crippen MR) is 104 cm³/mol. The van der Waals surface area contributed by atoms with Crippen LogP contribution >= 0.6 is 0 Å². The first-order chi connectivity index (χ1) is 13.2. The fraction of sp³-hybridized carbons (Fsp3) is 0.500. The summed E-state index contributed by atoms with van der Waals surface area (Å²) in [5.41, 5.74) is 2.27. The molecule has 0 bridgehead atoms. The zero-order valence-corrected chi connectivity index (χ0v) is 15.8. The van der Waals surface area contributed by atoms with Crippen LogP contribution in [-0.2, 0) is 16.7 Å². The van der Waals surface area contributed by atoms with Gasteiger partial charge in [0, 0.05) is 50.6 Å². The van der Waals surface area contributed by atoms with Crippen molar-refractivity contribution < 1.29 is 9.13 Å². The Bertz CT molecular complexity index is 733. The van der Waals surface area contributed by atoms with Crippen molar-refractivity contribution in [3.05, 3.63) is 65.7 Å². The van der Waals surface area contributed by atoms with Crippen molar-refractivity contribution in [1.29, 1.82) is 0 Å². The van der Waals surface area contributed by atoms with E-state index in [1.807, 2.05) is 24.5 Å². The Morgan fingerprint density at radius 3 is 2.74 bits per heavy atom. The Kier molecular flexibility index (Phi) is 5.81. The van der Waals surface area contributed by atoms with Crippen molar-refractivity contribution in [2.45, 2.75) is 24.8 Å².